The highest BCUT2D eigenvalue weighted by molar-refractivity contribution is 7.88. The van der Waals surface area contributed by atoms with Crippen LogP contribution in [0.15, 0.2) is 48.5 Å². The molecule has 5 nitrogen and oxygen atoms in total. The fourth-order valence-electron chi connectivity index (χ4n) is 2.73. The molecule has 1 aliphatic rings. The first-order valence-electron chi connectivity index (χ1n) is 7.65. The Hall–Kier alpha value is -1.96. The van der Waals surface area contributed by atoms with Crippen LogP contribution in [0.4, 0.5) is 10.1 Å². The number of halogens is 2. The summed E-state index contributed by atoms with van der Waals surface area (Å²) in [5.74, 6) is -0.966. The van der Waals surface area contributed by atoms with Crippen LogP contribution in [0, 0.1) is 5.82 Å². The van der Waals surface area contributed by atoms with Crippen molar-refractivity contribution in [3.63, 3.8) is 0 Å². The molecule has 0 aromatic heterocycles. The highest BCUT2D eigenvalue weighted by Crippen LogP contribution is 2.22. The van der Waals surface area contributed by atoms with E-state index in [4.69, 9.17) is 11.6 Å². The van der Waals surface area contributed by atoms with Crippen molar-refractivity contribution in [1.82, 2.24) is 4.72 Å². The van der Waals surface area contributed by atoms with Crippen LogP contribution in [-0.2, 0) is 20.6 Å². The van der Waals surface area contributed by atoms with Crippen LogP contribution in [-0.4, -0.2) is 26.9 Å². The molecule has 1 heterocycles. The van der Waals surface area contributed by atoms with Crippen LogP contribution in [0.5, 0.6) is 0 Å². The number of rotatable bonds is 5. The minimum absolute atomic E-state index is 0.232. The minimum Gasteiger partial charge on any atom is -0.311 e. The Morgan fingerprint density at radius 3 is 2.40 bits per heavy atom. The van der Waals surface area contributed by atoms with Crippen LogP contribution >= 0.6 is 11.6 Å². The maximum absolute atomic E-state index is 13.0. The first-order valence-corrected chi connectivity index (χ1v) is 9.68. The summed E-state index contributed by atoms with van der Waals surface area (Å²) in [5.41, 5.74) is 1.13. The van der Waals surface area contributed by atoms with Crippen LogP contribution in [0.25, 0.3) is 0 Å². The third-order valence-corrected chi connectivity index (χ3v) is 5.54. The Balaban J connectivity index is 1.67. The zero-order chi connectivity index (χ0) is 18.0. The number of amides is 1. The van der Waals surface area contributed by atoms with Crippen molar-refractivity contribution in [2.45, 2.75) is 18.2 Å². The summed E-state index contributed by atoms with van der Waals surface area (Å²) in [6.07, 6.45) is 0.357. The third-order valence-electron chi connectivity index (χ3n) is 3.94. The molecule has 1 amide bonds. The van der Waals surface area contributed by atoms with E-state index in [9.17, 15) is 17.6 Å². The average Bonchev–Trinajstić information content (AvgIpc) is 2.91. The van der Waals surface area contributed by atoms with Crippen molar-refractivity contribution >= 4 is 33.2 Å². The van der Waals surface area contributed by atoms with Crippen LogP contribution in [0.1, 0.15) is 12.0 Å². The average molecular weight is 383 g/mol. The second-order valence-corrected chi connectivity index (χ2v) is 8.00. The molecule has 0 bridgehead atoms. The highest BCUT2D eigenvalue weighted by Gasteiger charge is 2.35. The predicted octanol–water partition coefficient (Wildman–Crippen LogP) is 2.70. The molecule has 25 heavy (non-hydrogen) atoms. The number of benzene rings is 2. The van der Waals surface area contributed by atoms with Crippen molar-refractivity contribution in [2.24, 2.45) is 0 Å². The quantitative estimate of drug-likeness (QED) is 0.864. The summed E-state index contributed by atoms with van der Waals surface area (Å²) in [6.45, 7) is 0.374. The van der Waals surface area contributed by atoms with E-state index >= 15 is 0 Å². The molecule has 3 rings (SSSR count). The number of nitrogens with one attached hydrogen (secondary N) is 1. The van der Waals surface area contributed by atoms with Gasteiger partial charge in [0.05, 0.1) is 5.75 Å². The van der Waals surface area contributed by atoms with E-state index in [1.165, 1.54) is 29.2 Å². The zero-order valence-electron chi connectivity index (χ0n) is 13.2. The van der Waals surface area contributed by atoms with Crippen molar-refractivity contribution in [2.75, 3.05) is 11.4 Å². The molecule has 0 saturated carbocycles. The molecule has 0 radical (unpaired) electrons. The summed E-state index contributed by atoms with van der Waals surface area (Å²) in [4.78, 5) is 13.9. The maximum atomic E-state index is 13.0. The normalized spacial score (nSPS) is 17.9. The van der Waals surface area contributed by atoms with Gasteiger partial charge in [-0.2, -0.15) is 0 Å². The molecule has 1 aliphatic heterocycles. The van der Waals surface area contributed by atoms with Gasteiger partial charge >= 0.3 is 0 Å². The lowest BCUT2D eigenvalue weighted by atomic mass is 10.2. The standard InChI is InChI=1S/C17H16ClFN2O3S/c18-13-3-1-12(2-4-13)11-25(23,24)20-16-9-10-21(17(16)22)15-7-5-14(19)6-8-15/h1-8,16,20H,9-11H2. The first kappa shape index (κ1) is 17.8. The van der Waals surface area contributed by atoms with Crippen LogP contribution in [0.2, 0.25) is 5.02 Å². The lowest BCUT2D eigenvalue weighted by Gasteiger charge is -2.17. The summed E-state index contributed by atoms with van der Waals surface area (Å²) in [7, 11) is -3.68. The van der Waals surface area contributed by atoms with E-state index in [2.05, 4.69) is 4.72 Å². The number of hydrogen-bond donors (Lipinski definition) is 1. The summed E-state index contributed by atoms with van der Waals surface area (Å²) in [6, 6.07) is 11.2. The SMILES string of the molecule is O=C1C(NS(=O)(=O)Cc2ccc(Cl)cc2)CCN1c1ccc(F)cc1. The van der Waals surface area contributed by atoms with E-state index < -0.39 is 21.9 Å². The van der Waals surface area contributed by atoms with Gasteiger partial charge in [0, 0.05) is 17.3 Å². The molecule has 1 unspecified atom stereocenters. The lowest BCUT2D eigenvalue weighted by Crippen LogP contribution is -2.41. The van der Waals surface area contributed by atoms with Crippen molar-refractivity contribution in [1.29, 1.82) is 0 Å². The summed E-state index contributed by atoms with van der Waals surface area (Å²) < 4.78 is 40.1. The largest absolute Gasteiger partial charge is 0.311 e. The molecule has 2 aromatic carbocycles. The molecule has 0 spiro atoms. The number of anilines is 1. The van der Waals surface area contributed by atoms with Gasteiger partial charge in [-0.05, 0) is 48.4 Å². The van der Waals surface area contributed by atoms with Gasteiger partial charge in [-0.1, -0.05) is 23.7 Å². The van der Waals surface area contributed by atoms with E-state index in [0.717, 1.165) is 0 Å². The van der Waals surface area contributed by atoms with Gasteiger partial charge in [0.2, 0.25) is 15.9 Å². The Bertz CT molecular complexity index is 870. The number of carbonyl (C=O) groups excluding carboxylic acids is 1. The Morgan fingerprint density at radius 1 is 1.12 bits per heavy atom. The molecule has 0 aliphatic carbocycles. The minimum atomic E-state index is -3.68. The van der Waals surface area contributed by atoms with Crippen LogP contribution < -0.4 is 9.62 Å². The van der Waals surface area contributed by atoms with Crippen molar-refractivity contribution in [3.8, 4) is 0 Å². The second-order valence-electron chi connectivity index (χ2n) is 5.81. The number of nitrogens with zero attached hydrogens (tertiary/aromatic N) is 1. The molecule has 132 valence electrons. The Morgan fingerprint density at radius 2 is 1.76 bits per heavy atom. The monoisotopic (exact) mass is 382 g/mol. The number of carbonyl (C=O) groups is 1. The van der Waals surface area contributed by atoms with Gasteiger partial charge in [0.1, 0.15) is 11.9 Å². The van der Waals surface area contributed by atoms with Gasteiger partial charge in [-0.3, -0.25) is 4.79 Å². The Kier molecular flexibility index (Phi) is 5.08. The van der Waals surface area contributed by atoms with Crippen molar-refractivity contribution < 1.29 is 17.6 Å². The van der Waals surface area contributed by atoms with Gasteiger partial charge in [0.25, 0.3) is 0 Å². The van der Waals surface area contributed by atoms with E-state index in [1.54, 1.807) is 24.3 Å². The number of sulfonamides is 1. The highest BCUT2D eigenvalue weighted by atomic mass is 35.5. The molecule has 2 aromatic rings. The first-order chi connectivity index (χ1) is 11.8. The van der Waals surface area contributed by atoms with Gasteiger partial charge in [0.15, 0.2) is 0 Å². The zero-order valence-corrected chi connectivity index (χ0v) is 14.7. The van der Waals surface area contributed by atoms with Gasteiger partial charge in [-0.25, -0.2) is 17.5 Å². The summed E-state index contributed by atoms with van der Waals surface area (Å²) >= 11 is 5.78. The number of hydrogen-bond acceptors (Lipinski definition) is 3. The maximum Gasteiger partial charge on any atom is 0.245 e. The molecule has 1 N–H and O–H groups in total. The van der Waals surface area contributed by atoms with Crippen molar-refractivity contribution in [3.05, 3.63) is 64.9 Å². The predicted molar refractivity (Wildman–Crippen MR) is 94.4 cm³/mol. The van der Waals surface area contributed by atoms with Crippen LogP contribution in [0.3, 0.4) is 0 Å². The smallest absolute Gasteiger partial charge is 0.245 e. The molecular weight excluding hydrogens is 367 g/mol. The fraction of sp³-hybridized carbons (Fsp3) is 0.235. The topological polar surface area (TPSA) is 66.5 Å². The molecular formula is C17H16ClFN2O3S. The molecule has 8 heteroatoms. The lowest BCUT2D eigenvalue weighted by molar-refractivity contribution is -0.118. The molecule has 1 atom stereocenters. The Labute approximate surface area is 150 Å². The third kappa shape index (κ3) is 4.36. The van der Waals surface area contributed by atoms with Gasteiger partial charge in [-0.15, -0.1) is 0 Å². The van der Waals surface area contributed by atoms with Gasteiger partial charge < -0.3 is 4.90 Å². The summed E-state index contributed by atoms with van der Waals surface area (Å²) in [5, 5.41) is 0.523. The fourth-order valence-corrected chi connectivity index (χ4v) is 4.22. The van der Waals surface area contributed by atoms with E-state index in [-0.39, 0.29) is 11.7 Å². The second kappa shape index (κ2) is 7.11. The van der Waals surface area contributed by atoms with E-state index in [0.29, 0.717) is 29.2 Å². The molecule has 1 fully saturated rings. The van der Waals surface area contributed by atoms with E-state index in [1.807, 2.05) is 0 Å². The molecule has 1 saturated heterocycles.